The van der Waals surface area contributed by atoms with Gasteiger partial charge in [0.15, 0.2) is 5.82 Å². The van der Waals surface area contributed by atoms with E-state index in [2.05, 4.69) is 45.4 Å². The fourth-order valence-corrected chi connectivity index (χ4v) is 4.20. The van der Waals surface area contributed by atoms with Gasteiger partial charge in [-0.1, -0.05) is 48.1 Å². The predicted octanol–water partition coefficient (Wildman–Crippen LogP) is 3.35. The molecule has 1 aliphatic rings. The highest BCUT2D eigenvalue weighted by atomic mass is 32.1. The fourth-order valence-electron chi connectivity index (χ4n) is 3.30. The molecule has 1 aliphatic heterocycles. The molecule has 1 saturated heterocycles. The van der Waals surface area contributed by atoms with Crippen LogP contribution in [0, 0.1) is 0 Å². The minimum Gasteiger partial charge on any atom is -0.296 e. The van der Waals surface area contributed by atoms with Crippen LogP contribution >= 0.6 is 11.3 Å². The van der Waals surface area contributed by atoms with Crippen LogP contribution in [0.3, 0.4) is 0 Å². The monoisotopic (exact) mass is 341 g/mol. The Bertz CT molecular complexity index is 773. The lowest BCUT2D eigenvalue weighted by Gasteiger charge is -2.25. The lowest BCUT2D eigenvalue weighted by molar-refractivity contribution is 0.214. The van der Waals surface area contributed by atoms with Gasteiger partial charge in [0.1, 0.15) is 5.01 Å². The number of piperidine rings is 1. The molecule has 6 heteroatoms. The van der Waals surface area contributed by atoms with E-state index in [1.54, 1.807) is 11.3 Å². The Kier molecular flexibility index (Phi) is 4.85. The molecule has 0 N–H and O–H groups in total. The highest BCUT2D eigenvalue weighted by Crippen LogP contribution is 2.18. The average Bonchev–Trinajstić information content (AvgIpc) is 3.18. The maximum absolute atomic E-state index is 4.75. The second kappa shape index (κ2) is 7.40. The number of nitrogens with zero attached hydrogens (tertiary/aromatic N) is 5. The van der Waals surface area contributed by atoms with Crippen molar-refractivity contribution in [1.29, 1.82) is 0 Å². The molecule has 3 aromatic rings. The van der Waals surface area contributed by atoms with Crippen LogP contribution in [0.1, 0.15) is 42.1 Å². The first-order chi connectivity index (χ1) is 11.9. The van der Waals surface area contributed by atoms with Gasteiger partial charge in [0.05, 0.1) is 6.54 Å². The van der Waals surface area contributed by atoms with Crippen molar-refractivity contribution in [2.24, 2.45) is 0 Å². The molecule has 0 aliphatic carbocycles. The number of hydrogen-bond donors (Lipinski definition) is 0. The molecule has 0 amide bonds. The van der Waals surface area contributed by atoms with Crippen LogP contribution in [0.15, 0.2) is 30.3 Å². The highest BCUT2D eigenvalue weighted by molar-refractivity contribution is 7.16. The molecule has 2 aromatic heterocycles. The summed E-state index contributed by atoms with van der Waals surface area (Å²) in [5, 5.41) is 14.6. The quantitative estimate of drug-likeness (QED) is 0.690. The Morgan fingerprint density at radius 3 is 2.62 bits per heavy atom. The third kappa shape index (κ3) is 3.65. The number of benzene rings is 1. The van der Waals surface area contributed by atoms with Crippen LogP contribution < -0.4 is 0 Å². The molecule has 0 atom stereocenters. The summed E-state index contributed by atoms with van der Waals surface area (Å²) >= 11 is 1.67. The summed E-state index contributed by atoms with van der Waals surface area (Å²) in [6.07, 6.45) is 7.17. The van der Waals surface area contributed by atoms with Gasteiger partial charge in [-0.3, -0.25) is 4.90 Å². The maximum Gasteiger partial charge on any atom is 0.234 e. The Labute approximate surface area is 146 Å². The molecule has 3 heterocycles. The summed E-state index contributed by atoms with van der Waals surface area (Å²) in [4.78, 5) is 3.39. The lowest BCUT2D eigenvalue weighted by atomic mass is 10.1. The molecule has 1 aromatic carbocycles. The Morgan fingerprint density at radius 1 is 0.958 bits per heavy atom. The zero-order chi connectivity index (χ0) is 16.2. The number of hydrogen-bond acceptors (Lipinski definition) is 5. The molecule has 24 heavy (non-hydrogen) atoms. The summed E-state index contributed by atoms with van der Waals surface area (Å²) in [6.45, 7) is 3.21. The first-order valence-electron chi connectivity index (χ1n) is 8.85. The molecular formula is C18H23N5S. The summed E-state index contributed by atoms with van der Waals surface area (Å²) in [7, 11) is 0. The summed E-state index contributed by atoms with van der Waals surface area (Å²) in [5.41, 5.74) is 1.39. The van der Waals surface area contributed by atoms with Gasteiger partial charge in [-0.15, -0.1) is 10.2 Å². The van der Waals surface area contributed by atoms with Crippen molar-refractivity contribution < 1.29 is 0 Å². The number of rotatable bonds is 6. The normalized spacial score (nSPS) is 16.0. The van der Waals surface area contributed by atoms with Gasteiger partial charge in [-0.05, 0) is 44.3 Å². The van der Waals surface area contributed by atoms with Crippen molar-refractivity contribution in [2.75, 3.05) is 13.1 Å². The van der Waals surface area contributed by atoms with Gasteiger partial charge in [0, 0.05) is 6.42 Å². The molecule has 4 rings (SSSR count). The number of fused-ring (bicyclic) bond motifs is 1. The first-order valence-corrected chi connectivity index (χ1v) is 9.66. The van der Waals surface area contributed by atoms with Crippen LogP contribution in [0.5, 0.6) is 0 Å². The molecule has 0 bridgehead atoms. The van der Waals surface area contributed by atoms with E-state index in [4.69, 9.17) is 5.10 Å². The molecular weight excluding hydrogens is 318 g/mol. The topological polar surface area (TPSA) is 46.3 Å². The Hall–Kier alpha value is -1.79. The first kappa shape index (κ1) is 15.7. The van der Waals surface area contributed by atoms with E-state index in [0.29, 0.717) is 0 Å². The van der Waals surface area contributed by atoms with Crippen molar-refractivity contribution in [1.82, 2.24) is 24.7 Å². The van der Waals surface area contributed by atoms with Crippen molar-refractivity contribution >= 4 is 16.3 Å². The van der Waals surface area contributed by atoms with Gasteiger partial charge in [0.25, 0.3) is 0 Å². The van der Waals surface area contributed by atoms with Crippen molar-refractivity contribution in [3.8, 4) is 0 Å². The Morgan fingerprint density at radius 2 is 1.79 bits per heavy atom. The fraction of sp³-hybridized carbons (Fsp3) is 0.500. The van der Waals surface area contributed by atoms with E-state index >= 15 is 0 Å². The SMILES string of the molecule is c1ccc(CCCc2nn3c(CN4CCCCC4)nnc3s2)cc1. The second-order valence-electron chi connectivity index (χ2n) is 6.48. The van der Waals surface area contributed by atoms with Crippen molar-refractivity contribution in [3.05, 3.63) is 46.7 Å². The third-order valence-corrected chi connectivity index (χ3v) is 5.57. The highest BCUT2D eigenvalue weighted by Gasteiger charge is 2.16. The van der Waals surface area contributed by atoms with E-state index in [-0.39, 0.29) is 0 Å². The second-order valence-corrected chi connectivity index (χ2v) is 7.52. The van der Waals surface area contributed by atoms with Gasteiger partial charge < -0.3 is 0 Å². The van der Waals surface area contributed by atoms with E-state index < -0.39 is 0 Å². The largest absolute Gasteiger partial charge is 0.296 e. The zero-order valence-electron chi connectivity index (χ0n) is 13.9. The molecule has 126 valence electrons. The minimum atomic E-state index is 0.869. The minimum absolute atomic E-state index is 0.869. The summed E-state index contributed by atoms with van der Waals surface area (Å²) < 4.78 is 1.96. The molecule has 1 fully saturated rings. The molecule has 0 radical (unpaired) electrons. The molecule has 0 unspecified atom stereocenters. The Balaban J connectivity index is 1.38. The van der Waals surface area contributed by atoms with Gasteiger partial charge in [-0.25, -0.2) is 0 Å². The van der Waals surface area contributed by atoms with Gasteiger partial charge in [-0.2, -0.15) is 9.61 Å². The standard InChI is InChI=1S/C18H23N5S/c1-3-8-15(9-4-1)10-7-11-17-21-23-16(19-20-18(23)24-17)14-22-12-5-2-6-13-22/h1,3-4,8-9H,2,5-7,10-14H2. The number of likely N-dealkylation sites (tertiary alicyclic amines) is 1. The molecule has 0 spiro atoms. The summed E-state index contributed by atoms with van der Waals surface area (Å²) in [5.74, 6) is 0.984. The number of aromatic nitrogens is 4. The van der Waals surface area contributed by atoms with Crippen LogP contribution in [0.2, 0.25) is 0 Å². The van der Waals surface area contributed by atoms with Crippen LogP contribution in [0.25, 0.3) is 4.96 Å². The van der Waals surface area contributed by atoms with E-state index in [0.717, 1.165) is 41.6 Å². The van der Waals surface area contributed by atoms with Crippen LogP contribution in [-0.4, -0.2) is 37.8 Å². The van der Waals surface area contributed by atoms with E-state index in [1.807, 2.05) is 4.52 Å². The zero-order valence-corrected chi connectivity index (χ0v) is 14.7. The van der Waals surface area contributed by atoms with Crippen LogP contribution in [0.4, 0.5) is 0 Å². The van der Waals surface area contributed by atoms with Gasteiger partial charge in [0.2, 0.25) is 4.96 Å². The molecule has 0 saturated carbocycles. The molecule has 5 nitrogen and oxygen atoms in total. The van der Waals surface area contributed by atoms with Crippen molar-refractivity contribution in [2.45, 2.75) is 45.1 Å². The van der Waals surface area contributed by atoms with Gasteiger partial charge >= 0.3 is 0 Å². The van der Waals surface area contributed by atoms with Crippen LogP contribution in [-0.2, 0) is 19.4 Å². The average molecular weight is 341 g/mol. The third-order valence-electron chi connectivity index (χ3n) is 4.61. The predicted molar refractivity (Wildman–Crippen MR) is 96.3 cm³/mol. The number of aryl methyl sites for hydroxylation is 2. The summed E-state index contributed by atoms with van der Waals surface area (Å²) in [6, 6.07) is 10.7. The van der Waals surface area contributed by atoms with Crippen molar-refractivity contribution in [3.63, 3.8) is 0 Å². The van der Waals surface area contributed by atoms with E-state index in [9.17, 15) is 0 Å². The maximum atomic E-state index is 4.75. The van der Waals surface area contributed by atoms with E-state index in [1.165, 1.54) is 37.9 Å². The smallest absolute Gasteiger partial charge is 0.234 e. The lowest BCUT2D eigenvalue weighted by Crippen LogP contribution is -2.30.